The van der Waals surface area contributed by atoms with Gasteiger partial charge in [-0.3, -0.25) is 0 Å². The van der Waals surface area contributed by atoms with Gasteiger partial charge in [0.25, 0.3) is 0 Å². The summed E-state index contributed by atoms with van der Waals surface area (Å²) in [4.78, 5) is 0. The lowest BCUT2D eigenvalue weighted by Crippen LogP contribution is -1.98. The van der Waals surface area contributed by atoms with Gasteiger partial charge in [0.1, 0.15) is 0 Å². The molecule has 0 amide bonds. The van der Waals surface area contributed by atoms with Crippen LogP contribution < -0.4 is 5.30 Å². The van der Waals surface area contributed by atoms with Gasteiger partial charge in [0.15, 0.2) is 6.49 Å². The monoisotopic (exact) mass is 188 g/mol. The highest BCUT2D eigenvalue weighted by Crippen LogP contribution is 2.45. The Balaban J connectivity index is 3.09. The number of hydrogen-bond acceptors (Lipinski definition) is 1. The van der Waals surface area contributed by atoms with Crippen molar-refractivity contribution in [3.8, 4) is 0 Å². The first-order valence-corrected chi connectivity index (χ1v) is 6.40. The van der Waals surface area contributed by atoms with Crippen LogP contribution in [0.15, 0.2) is 24.3 Å². The van der Waals surface area contributed by atoms with Gasteiger partial charge in [0.2, 0.25) is 0 Å². The molecule has 3 heteroatoms. The summed E-state index contributed by atoms with van der Waals surface area (Å²) in [7, 11) is 0. The maximum absolute atomic E-state index is 11.3. The molecular formula is C8H10ClOP. The fraction of sp³-hybridized carbons (Fsp3) is 0.250. The van der Waals surface area contributed by atoms with E-state index in [2.05, 4.69) is 0 Å². The normalized spacial score (nSPS) is 15.9. The minimum atomic E-state index is -2.57. The second kappa shape index (κ2) is 3.00. The molecule has 60 valence electrons. The highest BCUT2D eigenvalue weighted by atomic mass is 35.7. The quantitative estimate of drug-likeness (QED) is 0.620. The van der Waals surface area contributed by atoms with Gasteiger partial charge in [-0.1, -0.05) is 29.8 Å². The van der Waals surface area contributed by atoms with Gasteiger partial charge in [-0.15, -0.1) is 0 Å². The lowest BCUT2D eigenvalue weighted by molar-refractivity contribution is 0.593. The van der Waals surface area contributed by atoms with Crippen LogP contribution in [0, 0.1) is 6.92 Å². The van der Waals surface area contributed by atoms with Crippen LogP contribution in [0.5, 0.6) is 0 Å². The smallest absolute Gasteiger partial charge is 0.194 e. The van der Waals surface area contributed by atoms with Crippen LogP contribution in [0.2, 0.25) is 0 Å². The van der Waals surface area contributed by atoms with Crippen LogP contribution in [0.1, 0.15) is 5.56 Å². The van der Waals surface area contributed by atoms with E-state index in [0.29, 0.717) is 0 Å². The van der Waals surface area contributed by atoms with E-state index in [4.69, 9.17) is 11.2 Å². The standard InChI is InChI=1S/C8H10ClOP/c1-7-3-5-8(6-4-7)11(2,9)10/h3-6H,1-2H3. The maximum atomic E-state index is 11.3. The zero-order valence-electron chi connectivity index (χ0n) is 6.54. The maximum Gasteiger partial charge on any atom is 0.194 e. The molecule has 0 aliphatic carbocycles. The minimum absolute atomic E-state index is 0.727. The van der Waals surface area contributed by atoms with Crippen molar-refractivity contribution in [1.29, 1.82) is 0 Å². The lowest BCUT2D eigenvalue weighted by atomic mass is 10.2. The fourth-order valence-electron chi connectivity index (χ4n) is 0.811. The summed E-state index contributed by atoms with van der Waals surface area (Å²) in [5.41, 5.74) is 1.15. The first kappa shape index (κ1) is 8.83. The third kappa shape index (κ3) is 2.36. The molecule has 0 aromatic heterocycles. The van der Waals surface area contributed by atoms with E-state index < -0.39 is 6.49 Å². The summed E-state index contributed by atoms with van der Waals surface area (Å²) in [6, 6.07) is 7.44. The number of hydrogen-bond donors (Lipinski definition) is 0. The van der Waals surface area contributed by atoms with Crippen molar-refractivity contribution in [3.05, 3.63) is 29.8 Å². The number of halogens is 1. The number of aryl methyl sites for hydroxylation is 1. The van der Waals surface area contributed by atoms with Gasteiger partial charge in [-0.2, -0.15) is 0 Å². The van der Waals surface area contributed by atoms with E-state index in [1.165, 1.54) is 0 Å². The average Bonchev–Trinajstić information content (AvgIpc) is 1.86. The first-order chi connectivity index (χ1) is 5.00. The zero-order chi connectivity index (χ0) is 8.48. The Labute approximate surface area is 71.5 Å². The molecule has 0 saturated heterocycles. The summed E-state index contributed by atoms with van der Waals surface area (Å²) in [5, 5.41) is 0.727. The van der Waals surface area contributed by atoms with E-state index >= 15 is 0 Å². The molecule has 0 radical (unpaired) electrons. The molecule has 0 bridgehead atoms. The van der Waals surface area contributed by atoms with Crippen molar-refractivity contribution in [2.45, 2.75) is 6.92 Å². The average molecular weight is 189 g/mol. The first-order valence-electron chi connectivity index (χ1n) is 3.34. The third-order valence-electron chi connectivity index (χ3n) is 1.50. The molecule has 11 heavy (non-hydrogen) atoms. The minimum Gasteiger partial charge on any atom is -0.302 e. The van der Waals surface area contributed by atoms with Crippen LogP contribution in [0.3, 0.4) is 0 Å². The Bertz CT molecular complexity index is 285. The predicted molar refractivity (Wildman–Crippen MR) is 50.2 cm³/mol. The van der Waals surface area contributed by atoms with Gasteiger partial charge in [0.05, 0.1) is 0 Å². The molecule has 1 unspecified atom stereocenters. The largest absolute Gasteiger partial charge is 0.302 e. The summed E-state index contributed by atoms with van der Waals surface area (Å²) in [5.74, 6) is 0. The SMILES string of the molecule is Cc1ccc(P(C)(=O)Cl)cc1. The molecule has 0 aliphatic heterocycles. The highest BCUT2D eigenvalue weighted by Gasteiger charge is 2.12. The molecule has 0 aliphatic rings. The van der Waals surface area contributed by atoms with E-state index in [1.807, 2.05) is 31.2 Å². The van der Waals surface area contributed by atoms with E-state index in [1.54, 1.807) is 6.66 Å². The van der Waals surface area contributed by atoms with Crippen molar-refractivity contribution in [2.75, 3.05) is 6.66 Å². The third-order valence-corrected chi connectivity index (χ3v) is 3.30. The molecule has 1 atom stereocenters. The molecular weight excluding hydrogens is 179 g/mol. The molecule has 1 nitrogen and oxygen atoms in total. The van der Waals surface area contributed by atoms with E-state index in [9.17, 15) is 4.57 Å². The summed E-state index contributed by atoms with van der Waals surface area (Å²) in [6.45, 7) is 0.974. The Morgan fingerprint density at radius 3 is 2.09 bits per heavy atom. The van der Waals surface area contributed by atoms with Crippen molar-refractivity contribution < 1.29 is 4.57 Å². The lowest BCUT2D eigenvalue weighted by Gasteiger charge is -2.03. The van der Waals surface area contributed by atoms with Crippen molar-refractivity contribution in [2.24, 2.45) is 0 Å². The number of benzene rings is 1. The Hall–Kier alpha value is -0.260. The van der Waals surface area contributed by atoms with Gasteiger partial charge < -0.3 is 4.57 Å². The van der Waals surface area contributed by atoms with Gasteiger partial charge in [-0.25, -0.2) is 0 Å². The second-order valence-electron chi connectivity index (χ2n) is 2.66. The Morgan fingerprint density at radius 2 is 1.73 bits per heavy atom. The van der Waals surface area contributed by atoms with Crippen LogP contribution in [0.25, 0.3) is 0 Å². The number of rotatable bonds is 1. The zero-order valence-corrected chi connectivity index (χ0v) is 8.19. The molecule has 0 saturated carbocycles. The second-order valence-corrected chi connectivity index (χ2v) is 6.75. The molecule has 0 spiro atoms. The molecule has 1 rings (SSSR count). The molecule has 1 aromatic rings. The van der Waals surface area contributed by atoms with E-state index in [0.717, 1.165) is 10.9 Å². The Kier molecular flexibility index (Phi) is 2.41. The topological polar surface area (TPSA) is 17.1 Å². The Morgan fingerprint density at radius 1 is 1.27 bits per heavy atom. The van der Waals surface area contributed by atoms with Crippen molar-refractivity contribution in [1.82, 2.24) is 0 Å². The van der Waals surface area contributed by atoms with Crippen LogP contribution in [0.4, 0.5) is 0 Å². The van der Waals surface area contributed by atoms with Gasteiger partial charge in [0, 0.05) is 12.0 Å². The summed E-state index contributed by atoms with van der Waals surface area (Å²) >= 11 is 5.67. The summed E-state index contributed by atoms with van der Waals surface area (Å²) < 4.78 is 11.3. The molecule has 0 heterocycles. The van der Waals surface area contributed by atoms with Crippen molar-refractivity contribution in [3.63, 3.8) is 0 Å². The highest BCUT2D eigenvalue weighted by molar-refractivity contribution is 7.94. The van der Waals surface area contributed by atoms with E-state index in [-0.39, 0.29) is 0 Å². The molecule has 0 N–H and O–H groups in total. The van der Waals surface area contributed by atoms with Crippen LogP contribution in [-0.4, -0.2) is 6.66 Å². The van der Waals surface area contributed by atoms with Crippen molar-refractivity contribution >= 4 is 23.0 Å². The van der Waals surface area contributed by atoms with Crippen LogP contribution in [-0.2, 0) is 4.57 Å². The molecule has 0 fully saturated rings. The fourth-order valence-corrected chi connectivity index (χ4v) is 1.83. The predicted octanol–water partition coefficient (Wildman–Crippen LogP) is 2.77. The molecule has 1 aromatic carbocycles. The summed E-state index contributed by atoms with van der Waals surface area (Å²) in [6.07, 6.45) is 0. The van der Waals surface area contributed by atoms with Gasteiger partial charge in [-0.05, 0) is 18.2 Å². The van der Waals surface area contributed by atoms with Crippen LogP contribution >= 0.6 is 17.7 Å². The van der Waals surface area contributed by atoms with Gasteiger partial charge >= 0.3 is 0 Å².